The number of aryl methyl sites for hydroxylation is 1. The van der Waals surface area contributed by atoms with Gasteiger partial charge in [0, 0.05) is 24.8 Å². The molecule has 1 aromatic heterocycles. The fourth-order valence-corrected chi connectivity index (χ4v) is 3.19. The van der Waals surface area contributed by atoms with Gasteiger partial charge in [0.15, 0.2) is 9.84 Å². The lowest BCUT2D eigenvalue weighted by atomic mass is 10.1. The second kappa shape index (κ2) is 7.75. The minimum atomic E-state index is -3.27. The van der Waals surface area contributed by atoms with Crippen molar-refractivity contribution in [1.82, 2.24) is 0 Å². The molecule has 2 aromatic carbocycles. The van der Waals surface area contributed by atoms with E-state index in [1.54, 1.807) is 30.3 Å². The number of carbonyl (C=O) groups excluding carboxylic acids is 1. The van der Waals surface area contributed by atoms with E-state index in [0.717, 1.165) is 6.26 Å². The van der Waals surface area contributed by atoms with Gasteiger partial charge in [0.1, 0.15) is 17.3 Å². The zero-order valence-electron chi connectivity index (χ0n) is 14.6. The Morgan fingerprint density at radius 3 is 2.41 bits per heavy atom. The molecule has 1 heterocycles. The number of hydrogen-bond acceptors (Lipinski definition) is 4. The summed E-state index contributed by atoms with van der Waals surface area (Å²) in [6, 6.07) is 15.7. The molecular formula is C20H18FNO4S. The summed E-state index contributed by atoms with van der Waals surface area (Å²) in [5.41, 5.74) is 0.887. The highest BCUT2D eigenvalue weighted by atomic mass is 32.2. The van der Waals surface area contributed by atoms with Crippen molar-refractivity contribution in [3.63, 3.8) is 0 Å². The number of furan rings is 1. The second-order valence-electron chi connectivity index (χ2n) is 6.09. The molecule has 0 fully saturated rings. The van der Waals surface area contributed by atoms with Crippen LogP contribution in [-0.4, -0.2) is 20.6 Å². The van der Waals surface area contributed by atoms with Crippen molar-refractivity contribution in [2.24, 2.45) is 0 Å². The molecule has 0 aliphatic carbocycles. The van der Waals surface area contributed by atoms with Gasteiger partial charge in [0.2, 0.25) is 5.91 Å². The van der Waals surface area contributed by atoms with Crippen LogP contribution in [-0.2, 0) is 21.1 Å². The fraction of sp³-hybridized carbons (Fsp3) is 0.150. The van der Waals surface area contributed by atoms with Gasteiger partial charge >= 0.3 is 0 Å². The third kappa shape index (κ3) is 4.83. The van der Waals surface area contributed by atoms with Crippen LogP contribution in [0.5, 0.6) is 0 Å². The fourth-order valence-electron chi connectivity index (χ4n) is 2.56. The Labute approximate surface area is 156 Å². The van der Waals surface area contributed by atoms with Crippen LogP contribution in [0.4, 0.5) is 10.1 Å². The molecule has 1 N–H and O–H groups in total. The van der Waals surface area contributed by atoms with Gasteiger partial charge in [-0.3, -0.25) is 4.79 Å². The number of halogens is 1. The highest BCUT2D eigenvalue weighted by Crippen LogP contribution is 2.25. The molecule has 140 valence electrons. The van der Waals surface area contributed by atoms with Crippen molar-refractivity contribution in [3.05, 3.63) is 72.2 Å². The Hall–Kier alpha value is -2.93. The molecule has 27 heavy (non-hydrogen) atoms. The molecule has 0 unspecified atom stereocenters. The zero-order chi connectivity index (χ0) is 19.4. The van der Waals surface area contributed by atoms with E-state index in [9.17, 15) is 17.6 Å². The number of anilines is 1. The van der Waals surface area contributed by atoms with Crippen LogP contribution >= 0.6 is 0 Å². The third-order valence-electron chi connectivity index (χ3n) is 3.97. The van der Waals surface area contributed by atoms with E-state index in [2.05, 4.69) is 5.32 Å². The topological polar surface area (TPSA) is 76.4 Å². The summed E-state index contributed by atoms with van der Waals surface area (Å²) in [4.78, 5) is 12.3. The Balaban J connectivity index is 1.58. The van der Waals surface area contributed by atoms with Crippen LogP contribution in [0, 0.1) is 5.82 Å². The number of rotatable bonds is 6. The summed E-state index contributed by atoms with van der Waals surface area (Å²) < 4.78 is 42.3. The normalized spacial score (nSPS) is 11.3. The SMILES string of the molecule is CS(=O)(=O)c1ccc(NC(=O)CCc2ccc(-c3ccccc3F)o2)cc1. The van der Waals surface area contributed by atoms with E-state index in [1.807, 2.05) is 0 Å². The quantitative estimate of drug-likeness (QED) is 0.692. The van der Waals surface area contributed by atoms with Gasteiger partial charge in [-0.05, 0) is 48.5 Å². The van der Waals surface area contributed by atoms with E-state index in [1.165, 1.54) is 30.3 Å². The van der Waals surface area contributed by atoms with Crippen LogP contribution in [0.1, 0.15) is 12.2 Å². The standard InChI is InChI=1S/C20H18FNO4S/c1-27(24,25)16-10-6-14(7-11-16)22-20(23)13-9-15-8-12-19(26-15)17-4-2-3-5-18(17)21/h2-8,10-12H,9,13H2,1H3,(H,22,23). The number of hydrogen-bond donors (Lipinski definition) is 1. The third-order valence-corrected chi connectivity index (χ3v) is 5.09. The Kier molecular flexibility index (Phi) is 5.41. The minimum absolute atomic E-state index is 0.179. The summed E-state index contributed by atoms with van der Waals surface area (Å²) in [5, 5.41) is 2.70. The summed E-state index contributed by atoms with van der Waals surface area (Å²) in [5.74, 6) is 0.398. The Morgan fingerprint density at radius 1 is 1.04 bits per heavy atom. The predicted octanol–water partition coefficient (Wildman–Crippen LogP) is 4.06. The van der Waals surface area contributed by atoms with Crippen molar-refractivity contribution in [3.8, 4) is 11.3 Å². The van der Waals surface area contributed by atoms with E-state index in [0.29, 0.717) is 29.2 Å². The van der Waals surface area contributed by atoms with Gasteiger partial charge in [-0.1, -0.05) is 12.1 Å². The predicted molar refractivity (Wildman–Crippen MR) is 101 cm³/mol. The lowest BCUT2D eigenvalue weighted by Crippen LogP contribution is -2.12. The van der Waals surface area contributed by atoms with Crippen molar-refractivity contribution in [2.75, 3.05) is 11.6 Å². The lowest BCUT2D eigenvalue weighted by molar-refractivity contribution is -0.116. The molecule has 5 nitrogen and oxygen atoms in total. The maximum absolute atomic E-state index is 13.8. The zero-order valence-corrected chi connectivity index (χ0v) is 15.4. The number of carbonyl (C=O) groups is 1. The first-order valence-corrected chi connectivity index (χ1v) is 10.2. The highest BCUT2D eigenvalue weighted by Gasteiger charge is 2.11. The maximum atomic E-state index is 13.8. The highest BCUT2D eigenvalue weighted by molar-refractivity contribution is 7.90. The molecule has 0 radical (unpaired) electrons. The molecule has 0 saturated heterocycles. The van der Waals surface area contributed by atoms with Crippen molar-refractivity contribution in [1.29, 1.82) is 0 Å². The number of amides is 1. The molecule has 0 aliphatic heterocycles. The van der Waals surface area contributed by atoms with Gasteiger partial charge in [0.05, 0.1) is 10.5 Å². The van der Waals surface area contributed by atoms with Crippen molar-refractivity contribution >= 4 is 21.4 Å². The first-order valence-electron chi connectivity index (χ1n) is 8.26. The van der Waals surface area contributed by atoms with Crippen LogP contribution in [0.15, 0.2) is 70.0 Å². The number of nitrogens with one attached hydrogen (secondary N) is 1. The Bertz CT molecular complexity index is 1060. The van der Waals surface area contributed by atoms with Crippen molar-refractivity contribution < 1.29 is 22.0 Å². The number of benzene rings is 2. The number of sulfone groups is 1. The molecule has 3 aromatic rings. The van der Waals surface area contributed by atoms with Gasteiger partial charge in [-0.25, -0.2) is 12.8 Å². The largest absolute Gasteiger partial charge is 0.461 e. The van der Waals surface area contributed by atoms with Crippen LogP contribution in [0.25, 0.3) is 11.3 Å². The molecule has 0 spiro atoms. The van der Waals surface area contributed by atoms with E-state index in [4.69, 9.17) is 4.42 Å². The molecule has 0 atom stereocenters. The van der Waals surface area contributed by atoms with Gasteiger partial charge in [0.25, 0.3) is 0 Å². The average molecular weight is 387 g/mol. The van der Waals surface area contributed by atoms with E-state index >= 15 is 0 Å². The smallest absolute Gasteiger partial charge is 0.224 e. The first kappa shape index (κ1) is 18.8. The average Bonchev–Trinajstić information content (AvgIpc) is 3.09. The van der Waals surface area contributed by atoms with E-state index in [-0.39, 0.29) is 23.0 Å². The van der Waals surface area contributed by atoms with Gasteiger partial charge in [-0.15, -0.1) is 0 Å². The van der Waals surface area contributed by atoms with Crippen molar-refractivity contribution in [2.45, 2.75) is 17.7 Å². The molecule has 3 rings (SSSR count). The summed E-state index contributed by atoms with van der Waals surface area (Å²) in [6.45, 7) is 0. The lowest BCUT2D eigenvalue weighted by Gasteiger charge is -2.05. The van der Waals surface area contributed by atoms with Crippen LogP contribution < -0.4 is 5.32 Å². The monoisotopic (exact) mass is 387 g/mol. The molecule has 0 aliphatic rings. The summed E-state index contributed by atoms with van der Waals surface area (Å²) >= 11 is 0. The van der Waals surface area contributed by atoms with E-state index < -0.39 is 9.84 Å². The Morgan fingerprint density at radius 2 is 1.74 bits per heavy atom. The van der Waals surface area contributed by atoms with Crippen LogP contribution in [0.2, 0.25) is 0 Å². The first-order chi connectivity index (χ1) is 12.8. The van der Waals surface area contributed by atoms with Gasteiger partial charge < -0.3 is 9.73 Å². The maximum Gasteiger partial charge on any atom is 0.224 e. The summed E-state index contributed by atoms with van der Waals surface area (Å²) in [6.07, 6.45) is 1.67. The molecular weight excluding hydrogens is 369 g/mol. The second-order valence-corrected chi connectivity index (χ2v) is 8.11. The minimum Gasteiger partial charge on any atom is -0.461 e. The molecule has 7 heteroatoms. The molecule has 1 amide bonds. The molecule has 0 saturated carbocycles. The summed E-state index contributed by atoms with van der Waals surface area (Å²) in [7, 11) is -3.27. The van der Waals surface area contributed by atoms with Gasteiger partial charge in [-0.2, -0.15) is 0 Å². The molecule has 0 bridgehead atoms. The van der Waals surface area contributed by atoms with Crippen LogP contribution in [0.3, 0.4) is 0 Å².